The lowest BCUT2D eigenvalue weighted by Gasteiger charge is -2.01. The minimum absolute atomic E-state index is 1.11. The van der Waals surface area contributed by atoms with Crippen molar-refractivity contribution in [3.8, 4) is 0 Å². The summed E-state index contributed by atoms with van der Waals surface area (Å²) in [5.74, 6) is 2.68. The zero-order chi connectivity index (χ0) is 14.3. The molecule has 0 aliphatic rings. The lowest BCUT2D eigenvalue weighted by molar-refractivity contribution is 0.831. The van der Waals surface area contributed by atoms with Crippen LogP contribution in [0.15, 0.2) is 18.2 Å². The highest BCUT2D eigenvalue weighted by atomic mass is 32.2. The number of aromatic nitrogens is 1. The topological polar surface area (TPSA) is 12.9 Å². The molecule has 0 saturated heterocycles. The summed E-state index contributed by atoms with van der Waals surface area (Å²) >= 11 is 2.05. The van der Waals surface area contributed by atoms with Crippen molar-refractivity contribution in [2.45, 2.75) is 66.2 Å². The van der Waals surface area contributed by atoms with Gasteiger partial charge in [0.1, 0.15) is 0 Å². The molecule has 1 aromatic heterocycles. The van der Waals surface area contributed by atoms with Gasteiger partial charge in [-0.15, -0.1) is 0 Å². The van der Waals surface area contributed by atoms with Crippen LogP contribution in [0.3, 0.4) is 0 Å². The van der Waals surface area contributed by atoms with E-state index in [0.717, 1.165) is 12.8 Å². The molecule has 1 rings (SSSR count). The quantitative estimate of drug-likeness (QED) is 0.581. The van der Waals surface area contributed by atoms with Crippen molar-refractivity contribution in [1.82, 2.24) is 4.98 Å². The zero-order valence-corrected chi connectivity index (χ0v) is 14.1. The summed E-state index contributed by atoms with van der Waals surface area (Å²) in [5.41, 5.74) is 2.48. The van der Waals surface area contributed by atoms with Crippen molar-refractivity contribution in [2.24, 2.45) is 0 Å². The van der Waals surface area contributed by atoms with Gasteiger partial charge in [0.05, 0.1) is 0 Å². The van der Waals surface area contributed by atoms with Crippen LogP contribution in [0.25, 0.3) is 0 Å². The molecule has 0 saturated carbocycles. The largest absolute Gasteiger partial charge is 0.258 e. The van der Waals surface area contributed by atoms with E-state index in [9.17, 15) is 0 Å². The monoisotopic (exact) mass is 281 g/mol. The van der Waals surface area contributed by atoms with Crippen molar-refractivity contribution in [2.75, 3.05) is 11.5 Å². The molecule has 0 bridgehead atoms. The molecule has 0 unspecified atom stereocenters. The van der Waals surface area contributed by atoms with Crippen LogP contribution in [-0.4, -0.2) is 16.5 Å². The van der Waals surface area contributed by atoms with Crippen LogP contribution < -0.4 is 0 Å². The van der Waals surface area contributed by atoms with Crippen LogP contribution in [0.4, 0.5) is 0 Å². The number of rotatable bonds is 8. The molecule has 1 nitrogen and oxygen atoms in total. The third-order valence-corrected chi connectivity index (χ3v) is 3.97. The third kappa shape index (κ3) is 11.1. The third-order valence-electron chi connectivity index (χ3n) is 2.57. The molecule has 1 aromatic rings. The highest BCUT2D eigenvalue weighted by Gasteiger charge is 1.95. The normalized spacial score (nSPS) is 9.89. The molecular formula is C17H31NS. The van der Waals surface area contributed by atoms with Gasteiger partial charge in [0.25, 0.3) is 0 Å². The first-order valence-corrected chi connectivity index (χ1v) is 8.96. The fraction of sp³-hybridized carbons (Fsp3) is 0.706. The minimum Gasteiger partial charge on any atom is -0.258 e. The van der Waals surface area contributed by atoms with Gasteiger partial charge in [-0.25, -0.2) is 0 Å². The Bertz CT molecular complexity index is 274. The van der Waals surface area contributed by atoms with Crippen molar-refractivity contribution < 1.29 is 0 Å². The van der Waals surface area contributed by atoms with Crippen LogP contribution in [0, 0.1) is 0 Å². The fourth-order valence-corrected chi connectivity index (χ4v) is 2.49. The molecule has 0 aromatic carbocycles. The molecule has 110 valence electrons. The number of hydrogen-bond donors (Lipinski definition) is 0. The molecule has 0 radical (unpaired) electrons. The van der Waals surface area contributed by atoms with E-state index in [1.807, 2.05) is 0 Å². The van der Waals surface area contributed by atoms with E-state index in [0.29, 0.717) is 0 Å². The maximum absolute atomic E-state index is 4.55. The van der Waals surface area contributed by atoms with E-state index in [4.69, 9.17) is 0 Å². The van der Waals surface area contributed by atoms with Gasteiger partial charge in [-0.05, 0) is 49.3 Å². The Balaban J connectivity index is 0.000000399. The molecule has 0 aliphatic carbocycles. The van der Waals surface area contributed by atoms with Crippen molar-refractivity contribution in [1.29, 1.82) is 0 Å². The Hall–Kier alpha value is -0.500. The molecule has 0 amide bonds. The van der Waals surface area contributed by atoms with Gasteiger partial charge in [0, 0.05) is 11.4 Å². The Morgan fingerprint density at radius 1 is 0.789 bits per heavy atom. The van der Waals surface area contributed by atoms with Gasteiger partial charge >= 0.3 is 0 Å². The Morgan fingerprint density at radius 2 is 1.26 bits per heavy atom. The minimum atomic E-state index is 1.11. The summed E-state index contributed by atoms with van der Waals surface area (Å²) in [4.78, 5) is 4.55. The van der Waals surface area contributed by atoms with Gasteiger partial charge in [0.2, 0.25) is 0 Å². The van der Waals surface area contributed by atoms with Gasteiger partial charge in [-0.1, -0.05) is 46.6 Å². The standard InChI is InChI=1S/C11H17N.C6H14S/c1-3-6-10-8-5-9-11(12-10)7-4-2;1-3-5-7-6-4-2/h5,8-9H,3-4,6-7H2,1-2H3;3-6H2,1-2H3. The fourth-order valence-electron chi connectivity index (χ4n) is 1.71. The highest BCUT2D eigenvalue weighted by molar-refractivity contribution is 7.99. The smallest absolute Gasteiger partial charge is 0.0406 e. The van der Waals surface area contributed by atoms with Crippen molar-refractivity contribution in [3.63, 3.8) is 0 Å². The van der Waals surface area contributed by atoms with Gasteiger partial charge in [-0.3, -0.25) is 4.98 Å². The molecular weight excluding hydrogens is 250 g/mol. The van der Waals surface area contributed by atoms with Crippen molar-refractivity contribution in [3.05, 3.63) is 29.6 Å². The molecule has 19 heavy (non-hydrogen) atoms. The number of pyridine rings is 1. The van der Waals surface area contributed by atoms with Crippen LogP contribution in [0.2, 0.25) is 0 Å². The predicted molar refractivity (Wildman–Crippen MR) is 90.1 cm³/mol. The summed E-state index contributed by atoms with van der Waals surface area (Å²) in [6.45, 7) is 8.83. The van der Waals surface area contributed by atoms with Gasteiger partial charge in [0.15, 0.2) is 0 Å². The van der Waals surface area contributed by atoms with Crippen LogP contribution >= 0.6 is 11.8 Å². The van der Waals surface area contributed by atoms with E-state index >= 15 is 0 Å². The maximum atomic E-state index is 4.55. The SMILES string of the molecule is CCCSCCC.CCCc1cccc(CCC)n1. The first-order valence-electron chi connectivity index (χ1n) is 7.80. The van der Waals surface area contributed by atoms with Crippen LogP contribution in [-0.2, 0) is 12.8 Å². The average Bonchev–Trinajstić information content (AvgIpc) is 2.41. The molecule has 2 heteroatoms. The van der Waals surface area contributed by atoms with E-state index in [1.54, 1.807) is 0 Å². The Morgan fingerprint density at radius 3 is 1.63 bits per heavy atom. The first kappa shape index (κ1) is 18.5. The summed E-state index contributed by atoms with van der Waals surface area (Å²) < 4.78 is 0. The van der Waals surface area contributed by atoms with Crippen molar-refractivity contribution >= 4 is 11.8 Å². The summed E-state index contributed by atoms with van der Waals surface area (Å²) in [7, 11) is 0. The molecule has 1 heterocycles. The van der Waals surface area contributed by atoms with E-state index in [2.05, 4.69) is 62.6 Å². The molecule has 0 spiro atoms. The maximum Gasteiger partial charge on any atom is 0.0406 e. The van der Waals surface area contributed by atoms with Crippen LogP contribution in [0.5, 0.6) is 0 Å². The lowest BCUT2D eigenvalue weighted by atomic mass is 10.2. The van der Waals surface area contributed by atoms with Gasteiger partial charge < -0.3 is 0 Å². The Kier molecular flexibility index (Phi) is 13.6. The number of aryl methyl sites for hydroxylation is 2. The second-order valence-corrected chi connectivity index (χ2v) is 5.96. The highest BCUT2D eigenvalue weighted by Crippen LogP contribution is 2.04. The second-order valence-electron chi connectivity index (χ2n) is 4.73. The van der Waals surface area contributed by atoms with E-state index in [1.165, 1.54) is 48.6 Å². The molecule has 0 aliphatic heterocycles. The first-order chi connectivity index (χ1) is 9.28. The number of thioether (sulfide) groups is 1. The number of nitrogens with zero attached hydrogens (tertiary/aromatic N) is 1. The second kappa shape index (κ2) is 13.9. The summed E-state index contributed by atoms with van der Waals surface area (Å²) in [6, 6.07) is 6.34. The Labute approximate surface area is 124 Å². The predicted octanol–water partition coefficient (Wildman–Crippen LogP) is 5.53. The van der Waals surface area contributed by atoms with E-state index in [-0.39, 0.29) is 0 Å². The average molecular weight is 282 g/mol. The molecule has 0 N–H and O–H groups in total. The van der Waals surface area contributed by atoms with Crippen LogP contribution in [0.1, 0.15) is 64.8 Å². The summed E-state index contributed by atoms with van der Waals surface area (Å²) in [6.07, 6.45) is 7.23. The molecule has 0 fully saturated rings. The summed E-state index contributed by atoms with van der Waals surface area (Å²) in [5, 5.41) is 0. The zero-order valence-electron chi connectivity index (χ0n) is 13.2. The number of hydrogen-bond acceptors (Lipinski definition) is 2. The lowest BCUT2D eigenvalue weighted by Crippen LogP contribution is -1.94. The van der Waals surface area contributed by atoms with E-state index < -0.39 is 0 Å². The van der Waals surface area contributed by atoms with Gasteiger partial charge in [-0.2, -0.15) is 11.8 Å². The molecule has 0 atom stereocenters.